The molecule has 1 aromatic rings. The smallest absolute Gasteiger partial charge is 0.0291 e. The molecule has 1 rings (SSSR count). The van der Waals surface area contributed by atoms with Gasteiger partial charge in [0.15, 0.2) is 0 Å². The van der Waals surface area contributed by atoms with Gasteiger partial charge in [-0.2, -0.15) is 11.8 Å². The second-order valence-electron chi connectivity index (χ2n) is 3.93. The van der Waals surface area contributed by atoms with Crippen molar-refractivity contribution in [2.24, 2.45) is 0 Å². The Morgan fingerprint density at radius 1 is 1.27 bits per heavy atom. The van der Waals surface area contributed by atoms with Crippen LogP contribution in [0.3, 0.4) is 0 Å². The normalized spacial score (nSPS) is 12.7. The minimum Gasteiger partial charge on any atom is -0.310 e. The highest BCUT2D eigenvalue weighted by Gasteiger charge is 2.02. The molecular weight excluding hydrogens is 202 g/mol. The highest BCUT2D eigenvalue weighted by atomic mass is 32.2. The molecule has 1 N–H and O–H groups in total. The van der Waals surface area contributed by atoms with Gasteiger partial charge in [0.1, 0.15) is 0 Å². The zero-order valence-electron chi connectivity index (χ0n) is 9.92. The summed E-state index contributed by atoms with van der Waals surface area (Å²) in [5, 5.41) is 3.54. The second kappa shape index (κ2) is 6.91. The van der Waals surface area contributed by atoms with E-state index in [4.69, 9.17) is 0 Å². The van der Waals surface area contributed by atoms with Crippen LogP contribution in [0.2, 0.25) is 0 Å². The third-order valence-corrected chi connectivity index (χ3v) is 3.25. The number of nitrogens with one attached hydrogen (secondary N) is 1. The summed E-state index contributed by atoms with van der Waals surface area (Å²) in [4.78, 5) is 0. The lowest BCUT2D eigenvalue weighted by molar-refractivity contribution is 0.572. The predicted molar refractivity (Wildman–Crippen MR) is 70.6 cm³/mol. The molecule has 0 bridgehead atoms. The van der Waals surface area contributed by atoms with Gasteiger partial charge in [-0.15, -0.1) is 0 Å². The number of hydrogen-bond donors (Lipinski definition) is 1. The molecule has 15 heavy (non-hydrogen) atoms. The summed E-state index contributed by atoms with van der Waals surface area (Å²) >= 11 is 1.91. The van der Waals surface area contributed by atoms with Crippen molar-refractivity contribution in [1.29, 1.82) is 0 Å². The molecule has 0 saturated carbocycles. The van der Waals surface area contributed by atoms with E-state index in [1.807, 2.05) is 11.8 Å². The summed E-state index contributed by atoms with van der Waals surface area (Å²) in [6, 6.07) is 9.24. The van der Waals surface area contributed by atoms with E-state index in [1.165, 1.54) is 23.3 Å². The zero-order valence-corrected chi connectivity index (χ0v) is 10.7. The average molecular weight is 223 g/mol. The van der Waals surface area contributed by atoms with Crippen LogP contribution < -0.4 is 5.32 Å². The maximum absolute atomic E-state index is 3.54. The number of thioether (sulfide) groups is 1. The maximum Gasteiger partial charge on any atom is 0.0291 e. The number of benzene rings is 1. The molecule has 0 fully saturated rings. The van der Waals surface area contributed by atoms with Gasteiger partial charge >= 0.3 is 0 Å². The summed E-state index contributed by atoms with van der Waals surface area (Å²) in [5.41, 5.74) is 2.71. The van der Waals surface area contributed by atoms with Crippen LogP contribution in [0.5, 0.6) is 0 Å². The van der Waals surface area contributed by atoms with E-state index in [9.17, 15) is 0 Å². The zero-order chi connectivity index (χ0) is 11.1. The monoisotopic (exact) mass is 223 g/mol. The Labute approximate surface area is 97.7 Å². The van der Waals surface area contributed by atoms with Crippen molar-refractivity contribution in [3.63, 3.8) is 0 Å². The lowest BCUT2D eigenvalue weighted by Gasteiger charge is -2.14. The molecule has 0 radical (unpaired) electrons. The Bertz CT molecular complexity index is 268. The highest BCUT2D eigenvalue weighted by Crippen LogP contribution is 2.12. The van der Waals surface area contributed by atoms with E-state index in [2.05, 4.69) is 49.7 Å². The number of aryl methyl sites for hydroxylation is 1. The van der Waals surface area contributed by atoms with Gasteiger partial charge < -0.3 is 5.32 Å². The minimum atomic E-state index is 0.465. The predicted octanol–water partition coefficient (Wildman–Crippen LogP) is 3.40. The molecule has 1 nitrogen and oxygen atoms in total. The molecule has 0 aliphatic carbocycles. The standard InChI is InChI=1S/C13H21NS/c1-11-5-7-13(8-6-11)12(2)14-9-4-10-15-3/h5-8,12,14H,4,9-10H2,1-3H3/t12-/m0/s1. The quantitative estimate of drug-likeness (QED) is 0.742. The molecule has 84 valence electrons. The van der Waals surface area contributed by atoms with Crippen LogP contribution >= 0.6 is 11.8 Å². The molecule has 0 aromatic heterocycles. The Kier molecular flexibility index (Phi) is 5.81. The van der Waals surface area contributed by atoms with Crippen LogP contribution in [0.1, 0.15) is 30.5 Å². The van der Waals surface area contributed by atoms with Gasteiger partial charge in [-0.05, 0) is 44.4 Å². The maximum atomic E-state index is 3.54. The van der Waals surface area contributed by atoms with Gasteiger partial charge in [-0.25, -0.2) is 0 Å². The summed E-state index contributed by atoms with van der Waals surface area (Å²) in [6.07, 6.45) is 3.40. The largest absolute Gasteiger partial charge is 0.310 e. The fourth-order valence-corrected chi connectivity index (χ4v) is 1.94. The Morgan fingerprint density at radius 2 is 1.93 bits per heavy atom. The molecule has 0 aliphatic heterocycles. The number of rotatable bonds is 6. The van der Waals surface area contributed by atoms with Crippen LogP contribution in [0, 0.1) is 6.92 Å². The second-order valence-corrected chi connectivity index (χ2v) is 4.92. The molecule has 0 unspecified atom stereocenters. The van der Waals surface area contributed by atoms with E-state index in [0.29, 0.717) is 6.04 Å². The van der Waals surface area contributed by atoms with Crippen LogP contribution in [-0.4, -0.2) is 18.6 Å². The first-order chi connectivity index (χ1) is 7.24. The van der Waals surface area contributed by atoms with Crippen LogP contribution in [0.25, 0.3) is 0 Å². The van der Waals surface area contributed by atoms with Gasteiger partial charge in [-0.3, -0.25) is 0 Å². The van der Waals surface area contributed by atoms with E-state index in [-0.39, 0.29) is 0 Å². The topological polar surface area (TPSA) is 12.0 Å². The minimum absolute atomic E-state index is 0.465. The van der Waals surface area contributed by atoms with Gasteiger partial charge in [0.2, 0.25) is 0 Å². The molecule has 0 amide bonds. The van der Waals surface area contributed by atoms with Crippen LogP contribution in [0.4, 0.5) is 0 Å². The highest BCUT2D eigenvalue weighted by molar-refractivity contribution is 7.98. The molecule has 1 atom stereocenters. The number of hydrogen-bond acceptors (Lipinski definition) is 2. The molecule has 0 saturated heterocycles. The van der Waals surface area contributed by atoms with Crippen molar-refractivity contribution in [2.45, 2.75) is 26.3 Å². The summed E-state index contributed by atoms with van der Waals surface area (Å²) in [7, 11) is 0. The fraction of sp³-hybridized carbons (Fsp3) is 0.538. The van der Waals surface area contributed by atoms with Crippen molar-refractivity contribution < 1.29 is 0 Å². The van der Waals surface area contributed by atoms with E-state index in [0.717, 1.165) is 6.54 Å². The fourth-order valence-electron chi connectivity index (χ4n) is 1.51. The Hall–Kier alpha value is -0.470. The van der Waals surface area contributed by atoms with Gasteiger partial charge in [-0.1, -0.05) is 29.8 Å². The first-order valence-corrected chi connectivity index (χ1v) is 6.92. The van der Waals surface area contributed by atoms with Crippen molar-refractivity contribution in [2.75, 3.05) is 18.6 Å². The molecule has 0 aliphatic rings. The van der Waals surface area contributed by atoms with Gasteiger partial charge in [0.25, 0.3) is 0 Å². The van der Waals surface area contributed by atoms with E-state index in [1.54, 1.807) is 0 Å². The van der Waals surface area contributed by atoms with Gasteiger partial charge in [0.05, 0.1) is 0 Å². The Morgan fingerprint density at radius 3 is 2.53 bits per heavy atom. The van der Waals surface area contributed by atoms with E-state index < -0.39 is 0 Å². The third kappa shape index (κ3) is 4.72. The van der Waals surface area contributed by atoms with Gasteiger partial charge in [0, 0.05) is 6.04 Å². The summed E-state index contributed by atoms with van der Waals surface area (Å²) in [5.74, 6) is 1.24. The average Bonchev–Trinajstić information content (AvgIpc) is 2.25. The molecular formula is C13H21NS. The van der Waals surface area contributed by atoms with Crippen LogP contribution in [0.15, 0.2) is 24.3 Å². The van der Waals surface area contributed by atoms with Crippen molar-refractivity contribution in [1.82, 2.24) is 5.32 Å². The lowest BCUT2D eigenvalue weighted by atomic mass is 10.1. The molecule has 2 heteroatoms. The van der Waals surface area contributed by atoms with Crippen molar-refractivity contribution in [3.8, 4) is 0 Å². The summed E-state index contributed by atoms with van der Waals surface area (Å²) < 4.78 is 0. The first-order valence-electron chi connectivity index (χ1n) is 5.53. The SMILES string of the molecule is CSCCCN[C@@H](C)c1ccc(C)cc1. The third-order valence-electron chi connectivity index (χ3n) is 2.55. The first kappa shape index (κ1) is 12.6. The Balaban J connectivity index is 2.33. The van der Waals surface area contributed by atoms with Crippen molar-refractivity contribution >= 4 is 11.8 Å². The summed E-state index contributed by atoms with van der Waals surface area (Å²) in [6.45, 7) is 5.46. The van der Waals surface area contributed by atoms with Crippen molar-refractivity contribution in [3.05, 3.63) is 35.4 Å². The van der Waals surface area contributed by atoms with E-state index >= 15 is 0 Å². The lowest BCUT2D eigenvalue weighted by Crippen LogP contribution is -2.20. The molecule has 0 heterocycles. The molecule has 0 spiro atoms. The molecule has 1 aromatic carbocycles. The van der Waals surface area contributed by atoms with Crippen LogP contribution in [-0.2, 0) is 0 Å².